The van der Waals surface area contributed by atoms with E-state index in [-0.39, 0.29) is 0 Å². The Morgan fingerprint density at radius 1 is 1.12 bits per heavy atom. The molecule has 0 bridgehead atoms. The summed E-state index contributed by atoms with van der Waals surface area (Å²) in [6.45, 7) is 3.89. The summed E-state index contributed by atoms with van der Waals surface area (Å²) in [6, 6.07) is 8.39. The van der Waals surface area contributed by atoms with Crippen molar-refractivity contribution in [1.29, 1.82) is 0 Å². The molecule has 0 unspecified atom stereocenters. The van der Waals surface area contributed by atoms with Gasteiger partial charge < -0.3 is 5.73 Å². The minimum Gasteiger partial charge on any atom is -0.320 e. The largest absolute Gasteiger partial charge is 0.320 e. The topological polar surface area (TPSA) is 29.3 Å². The van der Waals surface area contributed by atoms with Gasteiger partial charge in [0, 0.05) is 12.1 Å². The average molecular weight is 228 g/mol. The maximum atomic E-state index is 5.43. The molecule has 0 aliphatic carbocycles. The highest BCUT2D eigenvalue weighted by Crippen LogP contribution is 2.15. The molecule has 17 heavy (non-hydrogen) atoms. The molecule has 1 heterocycles. The maximum Gasteiger partial charge on any atom is 0.0555 e. The molecule has 2 N–H and O–H groups in total. The fourth-order valence-electron chi connectivity index (χ4n) is 2.28. The predicted octanol–water partition coefficient (Wildman–Crippen LogP) is 1.98. The Kier molecular flexibility index (Phi) is 4.61. The number of likely N-dealkylation sites (tertiary alicyclic amines) is 1. The van der Waals surface area contributed by atoms with Crippen LogP contribution in [0.25, 0.3) is 0 Å². The van der Waals surface area contributed by atoms with Gasteiger partial charge in [0.05, 0.1) is 6.54 Å². The highest BCUT2D eigenvalue weighted by atomic mass is 15.1. The van der Waals surface area contributed by atoms with Crippen LogP contribution in [-0.4, -0.2) is 24.5 Å². The number of nitrogens with two attached hydrogens (primary N) is 1. The van der Waals surface area contributed by atoms with Crippen LogP contribution in [0.15, 0.2) is 24.3 Å². The van der Waals surface area contributed by atoms with Crippen LogP contribution in [0.4, 0.5) is 0 Å². The fourth-order valence-corrected chi connectivity index (χ4v) is 2.28. The lowest BCUT2D eigenvalue weighted by Crippen LogP contribution is -2.29. The molecule has 1 aliphatic heterocycles. The monoisotopic (exact) mass is 228 g/mol. The molecule has 90 valence electrons. The maximum absolute atomic E-state index is 5.43. The van der Waals surface area contributed by atoms with E-state index in [4.69, 9.17) is 5.73 Å². The Morgan fingerprint density at radius 3 is 2.65 bits per heavy atom. The quantitative estimate of drug-likeness (QED) is 0.784. The van der Waals surface area contributed by atoms with Gasteiger partial charge in [0.25, 0.3) is 0 Å². The van der Waals surface area contributed by atoms with Crippen LogP contribution in [0, 0.1) is 11.8 Å². The normalized spacial score (nSPS) is 16.3. The second-order valence-electron chi connectivity index (χ2n) is 4.50. The van der Waals surface area contributed by atoms with Crippen molar-refractivity contribution in [2.75, 3.05) is 19.6 Å². The van der Waals surface area contributed by atoms with Gasteiger partial charge in [0.15, 0.2) is 0 Å². The molecule has 2 heteroatoms. The van der Waals surface area contributed by atoms with Crippen LogP contribution < -0.4 is 5.73 Å². The van der Waals surface area contributed by atoms with E-state index in [2.05, 4.69) is 34.9 Å². The first-order valence-electron chi connectivity index (χ1n) is 6.39. The molecule has 1 fully saturated rings. The summed E-state index contributed by atoms with van der Waals surface area (Å²) in [5, 5.41) is 0. The number of nitrogens with zero attached hydrogens (tertiary/aromatic N) is 1. The van der Waals surface area contributed by atoms with E-state index in [9.17, 15) is 0 Å². The molecule has 0 saturated carbocycles. The molecule has 1 aromatic rings. The smallest absolute Gasteiger partial charge is 0.0555 e. The van der Waals surface area contributed by atoms with Gasteiger partial charge in [0.2, 0.25) is 0 Å². The van der Waals surface area contributed by atoms with Crippen LogP contribution in [-0.2, 0) is 6.54 Å². The number of hydrogen-bond acceptors (Lipinski definition) is 2. The van der Waals surface area contributed by atoms with Gasteiger partial charge in [-0.1, -0.05) is 36.5 Å². The van der Waals surface area contributed by atoms with E-state index >= 15 is 0 Å². The molecule has 1 aromatic carbocycles. The van der Waals surface area contributed by atoms with Crippen molar-refractivity contribution in [1.82, 2.24) is 4.90 Å². The minimum absolute atomic E-state index is 0.429. The first kappa shape index (κ1) is 12.2. The molecule has 2 nitrogen and oxygen atoms in total. The third-order valence-corrected chi connectivity index (χ3v) is 3.19. The van der Waals surface area contributed by atoms with Crippen LogP contribution in [0.5, 0.6) is 0 Å². The zero-order chi connectivity index (χ0) is 11.9. The summed E-state index contributed by atoms with van der Waals surface area (Å²) in [5.74, 6) is 6.10. The van der Waals surface area contributed by atoms with Gasteiger partial charge in [-0.2, -0.15) is 0 Å². The number of rotatable bonds is 2. The molecule has 1 saturated heterocycles. The van der Waals surface area contributed by atoms with Crippen molar-refractivity contribution in [3.8, 4) is 11.8 Å². The third kappa shape index (κ3) is 3.59. The third-order valence-electron chi connectivity index (χ3n) is 3.19. The molecule has 0 aromatic heterocycles. The van der Waals surface area contributed by atoms with E-state index in [0.717, 1.165) is 12.1 Å². The van der Waals surface area contributed by atoms with Crippen molar-refractivity contribution in [2.45, 2.75) is 25.8 Å². The van der Waals surface area contributed by atoms with Crippen molar-refractivity contribution >= 4 is 0 Å². The summed E-state index contributed by atoms with van der Waals surface area (Å²) in [5.41, 5.74) is 7.88. The molecule has 0 radical (unpaired) electrons. The van der Waals surface area contributed by atoms with Crippen molar-refractivity contribution < 1.29 is 0 Å². The fraction of sp³-hybridized carbons (Fsp3) is 0.467. The molecule has 0 spiro atoms. The first-order valence-corrected chi connectivity index (χ1v) is 6.39. The van der Waals surface area contributed by atoms with Gasteiger partial charge in [0.1, 0.15) is 0 Å². The second-order valence-corrected chi connectivity index (χ2v) is 4.50. The van der Waals surface area contributed by atoms with E-state index in [0.29, 0.717) is 6.54 Å². The zero-order valence-corrected chi connectivity index (χ0v) is 10.3. The van der Waals surface area contributed by atoms with Crippen molar-refractivity contribution in [2.24, 2.45) is 5.73 Å². The van der Waals surface area contributed by atoms with Crippen LogP contribution in [0.3, 0.4) is 0 Å². The Hall–Kier alpha value is -1.30. The van der Waals surface area contributed by atoms with Crippen molar-refractivity contribution in [3.63, 3.8) is 0 Å². The molecule has 2 rings (SSSR count). The minimum atomic E-state index is 0.429. The van der Waals surface area contributed by atoms with Gasteiger partial charge in [-0.05, 0) is 37.6 Å². The van der Waals surface area contributed by atoms with Crippen molar-refractivity contribution in [3.05, 3.63) is 35.4 Å². The SMILES string of the molecule is NCC#Cc1ccccc1CN1CCCCC1. The molecule has 0 atom stereocenters. The highest BCUT2D eigenvalue weighted by molar-refractivity contribution is 5.41. The lowest BCUT2D eigenvalue weighted by atomic mass is 10.1. The Morgan fingerprint density at radius 2 is 1.88 bits per heavy atom. The van der Waals surface area contributed by atoms with Gasteiger partial charge in [-0.25, -0.2) is 0 Å². The summed E-state index contributed by atoms with van der Waals surface area (Å²) in [6.07, 6.45) is 4.04. The second kappa shape index (κ2) is 6.44. The summed E-state index contributed by atoms with van der Waals surface area (Å²) in [4.78, 5) is 2.52. The van der Waals surface area contributed by atoms with Gasteiger partial charge in [-0.3, -0.25) is 4.90 Å². The standard InChI is InChI=1S/C15H20N2/c16-10-6-9-14-7-2-3-8-15(14)13-17-11-4-1-5-12-17/h2-3,7-8H,1,4-5,10-13,16H2. The zero-order valence-electron chi connectivity index (χ0n) is 10.3. The van der Waals surface area contributed by atoms with Crippen LogP contribution in [0.1, 0.15) is 30.4 Å². The van der Waals surface area contributed by atoms with Gasteiger partial charge >= 0.3 is 0 Å². The number of benzene rings is 1. The summed E-state index contributed by atoms with van der Waals surface area (Å²) < 4.78 is 0. The molecular formula is C15H20N2. The van der Waals surface area contributed by atoms with Crippen LogP contribution in [0.2, 0.25) is 0 Å². The Balaban J connectivity index is 2.08. The van der Waals surface area contributed by atoms with Crippen LogP contribution >= 0.6 is 0 Å². The van der Waals surface area contributed by atoms with E-state index in [1.807, 2.05) is 6.07 Å². The summed E-state index contributed by atoms with van der Waals surface area (Å²) in [7, 11) is 0. The Bertz CT molecular complexity index is 408. The predicted molar refractivity (Wildman–Crippen MR) is 71.5 cm³/mol. The van der Waals surface area contributed by atoms with E-state index in [1.165, 1.54) is 37.9 Å². The van der Waals surface area contributed by atoms with E-state index < -0.39 is 0 Å². The lowest BCUT2D eigenvalue weighted by Gasteiger charge is -2.26. The lowest BCUT2D eigenvalue weighted by molar-refractivity contribution is 0.221. The first-order chi connectivity index (χ1) is 8.40. The highest BCUT2D eigenvalue weighted by Gasteiger charge is 2.11. The average Bonchev–Trinajstić information content (AvgIpc) is 2.39. The van der Waals surface area contributed by atoms with E-state index in [1.54, 1.807) is 0 Å². The number of hydrogen-bond donors (Lipinski definition) is 1. The summed E-state index contributed by atoms with van der Waals surface area (Å²) >= 11 is 0. The number of piperidine rings is 1. The van der Waals surface area contributed by atoms with Gasteiger partial charge in [-0.15, -0.1) is 0 Å². The molecule has 1 aliphatic rings. The Labute approximate surface area is 104 Å². The molecule has 0 amide bonds. The molecular weight excluding hydrogens is 208 g/mol.